The van der Waals surface area contributed by atoms with Crippen molar-refractivity contribution >= 4 is 45.8 Å². The van der Waals surface area contributed by atoms with Crippen LogP contribution in [0.4, 0.5) is 5.69 Å². The van der Waals surface area contributed by atoms with Crippen LogP contribution in [0.15, 0.2) is 57.7 Å². The number of fused-ring (bicyclic) bond motifs is 1. The molecule has 22 heavy (non-hydrogen) atoms. The predicted octanol–water partition coefficient (Wildman–Crippen LogP) is 4.35. The monoisotopic (exact) mass is 333 g/mol. The fourth-order valence-corrected chi connectivity index (χ4v) is 2.39. The first-order valence-electron chi connectivity index (χ1n) is 6.33. The lowest BCUT2D eigenvalue weighted by atomic mass is 10.1. The Kier molecular flexibility index (Phi) is 3.88. The summed E-state index contributed by atoms with van der Waals surface area (Å²) in [6.07, 6.45) is 0. The van der Waals surface area contributed by atoms with E-state index in [2.05, 4.69) is 5.32 Å². The Hall–Kier alpha value is -2.30. The highest BCUT2D eigenvalue weighted by Crippen LogP contribution is 2.20. The normalized spacial score (nSPS) is 10.6. The molecule has 1 aromatic heterocycles. The molecule has 0 atom stereocenters. The summed E-state index contributed by atoms with van der Waals surface area (Å²) >= 11 is 11.8. The van der Waals surface area contributed by atoms with Crippen molar-refractivity contribution in [2.75, 3.05) is 5.32 Å². The molecule has 0 bridgehead atoms. The second-order valence-electron chi connectivity index (χ2n) is 4.59. The lowest BCUT2D eigenvalue weighted by molar-refractivity contribution is 0.102. The number of anilines is 1. The molecule has 4 nitrogen and oxygen atoms in total. The minimum absolute atomic E-state index is 0.102. The molecular weight excluding hydrogens is 325 g/mol. The Morgan fingerprint density at radius 3 is 2.55 bits per heavy atom. The SMILES string of the molecule is O=C(Nc1cccc(Cl)c1)c1cc2cc(Cl)ccc2oc1=O. The van der Waals surface area contributed by atoms with Gasteiger partial charge in [-0.15, -0.1) is 0 Å². The van der Waals surface area contributed by atoms with E-state index in [9.17, 15) is 9.59 Å². The quantitative estimate of drug-likeness (QED) is 0.709. The third-order valence-corrected chi connectivity index (χ3v) is 3.49. The summed E-state index contributed by atoms with van der Waals surface area (Å²) in [5.74, 6) is -0.571. The standard InChI is InChI=1S/C16H9Cl2NO3/c17-10-2-1-3-12(8-10)19-15(20)13-7-9-6-11(18)4-5-14(9)22-16(13)21/h1-8H,(H,19,20). The summed E-state index contributed by atoms with van der Waals surface area (Å²) in [6, 6.07) is 12.9. The smallest absolute Gasteiger partial charge is 0.349 e. The lowest BCUT2D eigenvalue weighted by Crippen LogP contribution is -2.20. The number of carbonyl (C=O) groups is 1. The van der Waals surface area contributed by atoms with E-state index in [1.54, 1.807) is 42.5 Å². The molecule has 0 saturated heterocycles. The molecule has 0 aliphatic heterocycles. The molecule has 2 aromatic carbocycles. The minimum Gasteiger partial charge on any atom is -0.422 e. The second kappa shape index (κ2) is 5.83. The van der Waals surface area contributed by atoms with Gasteiger partial charge in [-0.3, -0.25) is 4.79 Å². The van der Waals surface area contributed by atoms with Gasteiger partial charge in [0.25, 0.3) is 5.91 Å². The van der Waals surface area contributed by atoms with Crippen LogP contribution >= 0.6 is 23.2 Å². The number of halogens is 2. The van der Waals surface area contributed by atoms with Crippen molar-refractivity contribution in [3.05, 3.63) is 74.6 Å². The van der Waals surface area contributed by atoms with Crippen LogP contribution < -0.4 is 10.9 Å². The van der Waals surface area contributed by atoms with E-state index in [4.69, 9.17) is 27.6 Å². The van der Waals surface area contributed by atoms with Crippen molar-refractivity contribution in [2.24, 2.45) is 0 Å². The van der Waals surface area contributed by atoms with Crippen LogP contribution in [0.5, 0.6) is 0 Å². The molecule has 0 radical (unpaired) electrons. The number of hydrogen-bond acceptors (Lipinski definition) is 3. The van der Waals surface area contributed by atoms with Gasteiger partial charge in [0.2, 0.25) is 0 Å². The van der Waals surface area contributed by atoms with Gasteiger partial charge in [-0.25, -0.2) is 4.79 Å². The van der Waals surface area contributed by atoms with Gasteiger partial charge < -0.3 is 9.73 Å². The van der Waals surface area contributed by atoms with Crippen LogP contribution in [0.1, 0.15) is 10.4 Å². The maximum atomic E-state index is 12.2. The fraction of sp³-hybridized carbons (Fsp3) is 0. The van der Waals surface area contributed by atoms with Crippen LogP contribution in [-0.4, -0.2) is 5.91 Å². The van der Waals surface area contributed by atoms with Gasteiger partial charge >= 0.3 is 5.63 Å². The predicted molar refractivity (Wildman–Crippen MR) is 86.9 cm³/mol. The zero-order valence-electron chi connectivity index (χ0n) is 11.1. The van der Waals surface area contributed by atoms with Gasteiger partial charge in [0.1, 0.15) is 11.1 Å². The van der Waals surface area contributed by atoms with Crippen LogP contribution in [0.25, 0.3) is 11.0 Å². The van der Waals surface area contributed by atoms with Crippen molar-refractivity contribution in [3.8, 4) is 0 Å². The van der Waals surface area contributed by atoms with E-state index in [0.717, 1.165) is 0 Å². The van der Waals surface area contributed by atoms with Crippen molar-refractivity contribution in [1.29, 1.82) is 0 Å². The topological polar surface area (TPSA) is 59.3 Å². The zero-order valence-corrected chi connectivity index (χ0v) is 12.6. The molecule has 0 fully saturated rings. The molecule has 1 N–H and O–H groups in total. The van der Waals surface area contributed by atoms with Gasteiger partial charge in [-0.2, -0.15) is 0 Å². The van der Waals surface area contributed by atoms with Gasteiger partial charge in [0.05, 0.1) is 0 Å². The number of amides is 1. The molecule has 0 saturated carbocycles. The summed E-state index contributed by atoms with van der Waals surface area (Å²) in [4.78, 5) is 24.2. The fourth-order valence-electron chi connectivity index (χ4n) is 2.02. The molecule has 110 valence electrons. The van der Waals surface area contributed by atoms with E-state index < -0.39 is 11.5 Å². The summed E-state index contributed by atoms with van der Waals surface area (Å²) < 4.78 is 5.13. The number of rotatable bonds is 2. The van der Waals surface area contributed by atoms with Gasteiger partial charge in [0, 0.05) is 21.1 Å². The summed E-state index contributed by atoms with van der Waals surface area (Å²) in [7, 11) is 0. The van der Waals surface area contributed by atoms with Crippen LogP contribution in [0, 0.1) is 0 Å². The Labute approximate surface area is 135 Å². The van der Waals surface area contributed by atoms with Gasteiger partial charge in [0.15, 0.2) is 0 Å². The molecular formula is C16H9Cl2NO3. The molecule has 0 spiro atoms. The largest absolute Gasteiger partial charge is 0.422 e. The summed E-state index contributed by atoms with van der Waals surface area (Å²) in [5, 5.41) is 4.15. The number of benzene rings is 2. The van der Waals surface area contributed by atoms with Crippen LogP contribution in [0.2, 0.25) is 10.0 Å². The highest BCUT2D eigenvalue weighted by atomic mass is 35.5. The van der Waals surface area contributed by atoms with E-state index in [1.807, 2.05) is 0 Å². The van der Waals surface area contributed by atoms with Crippen molar-refractivity contribution in [2.45, 2.75) is 0 Å². The zero-order chi connectivity index (χ0) is 15.7. The number of nitrogens with one attached hydrogen (secondary N) is 1. The molecule has 1 amide bonds. The first kappa shape index (κ1) is 14.6. The average molecular weight is 334 g/mol. The molecule has 0 aliphatic rings. The van der Waals surface area contributed by atoms with E-state index >= 15 is 0 Å². The number of carbonyl (C=O) groups excluding carboxylic acids is 1. The average Bonchev–Trinajstić information content (AvgIpc) is 2.47. The van der Waals surface area contributed by atoms with E-state index in [0.29, 0.717) is 26.7 Å². The van der Waals surface area contributed by atoms with Crippen molar-refractivity contribution in [1.82, 2.24) is 0 Å². The molecule has 0 aliphatic carbocycles. The third kappa shape index (κ3) is 2.98. The van der Waals surface area contributed by atoms with Crippen molar-refractivity contribution in [3.63, 3.8) is 0 Å². The van der Waals surface area contributed by atoms with E-state index in [1.165, 1.54) is 6.07 Å². The van der Waals surface area contributed by atoms with E-state index in [-0.39, 0.29) is 5.56 Å². The second-order valence-corrected chi connectivity index (χ2v) is 5.47. The molecule has 6 heteroatoms. The highest BCUT2D eigenvalue weighted by Gasteiger charge is 2.14. The Morgan fingerprint density at radius 1 is 1.00 bits per heavy atom. The summed E-state index contributed by atoms with van der Waals surface area (Å²) in [5.41, 5.74) is 0.0425. The number of hydrogen-bond donors (Lipinski definition) is 1. The molecule has 1 heterocycles. The maximum Gasteiger partial charge on any atom is 0.349 e. The minimum atomic E-state index is -0.714. The van der Waals surface area contributed by atoms with Crippen LogP contribution in [0.3, 0.4) is 0 Å². The van der Waals surface area contributed by atoms with Gasteiger partial charge in [-0.05, 0) is 42.5 Å². The first-order valence-corrected chi connectivity index (χ1v) is 7.09. The lowest BCUT2D eigenvalue weighted by Gasteiger charge is -2.05. The Balaban J connectivity index is 2.00. The maximum absolute atomic E-state index is 12.2. The Morgan fingerprint density at radius 2 is 1.77 bits per heavy atom. The van der Waals surface area contributed by atoms with Gasteiger partial charge in [-0.1, -0.05) is 29.3 Å². The molecule has 3 aromatic rings. The molecule has 0 unspecified atom stereocenters. The summed E-state index contributed by atoms with van der Waals surface area (Å²) in [6.45, 7) is 0. The first-order chi connectivity index (χ1) is 10.5. The molecule has 3 rings (SSSR count). The highest BCUT2D eigenvalue weighted by molar-refractivity contribution is 6.31. The Bertz CT molecular complexity index is 934. The van der Waals surface area contributed by atoms with Crippen molar-refractivity contribution < 1.29 is 9.21 Å². The van der Waals surface area contributed by atoms with Crippen LogP contribution in [-0.2, 0) is 0 Å². The third-order valence-electron chi connectivity index (χ3n) is 3.02.